The van der Waals surface area contributed by atoms with Crippen LogP contribution in [0.2, 0.25) is 0 Å². The SMILES string of the molecule is CC(C)(O)CCNC(=O)c1cnc(-n2ccc3cncnc32)cc1NC1CCOCC1. The normalized spacial score (nSPS) is 15.2. The molecule has 164 valence electrons. The first kappa shape index (κ1) is 21.2. The molecule has 1 aliphatic rings. The molecule has 1 saturated heterocycles. The Morgan fingerprint density at radius 1 is 1.29 bits per heavy atom. The van der Waals surface area contributed by atoms with Gasteiger partial charge in [0.15, 0.2) is 0 Å². The molecule has 4 heterocycles. The minimum Gasteiger partial charge on any atom is -0.390 e. The highest BCUT2D eigenvalue weighted by atomic mass is 16.5. The quantitative estimate of drug-likeness (QED) is 0.533. The smallest absolute Gasteiger partial charge is 0.254 e. The Labute approximate surface area is 180 Å². The molecule has 0 aliphatic carbocycles. The third-order valence-electron chi connectivity index (χ3n) is 5.33. The standard InChI is InChI=1S/C22H28N6O3/c1-22(2,30)6-7-24-21(29)17-13-25-19(11-18(17)27-16-4-9-31-10-5-16)28-8-3-15-12-23-14-26-20(15)28/h3,8,11-14,16,30H,4-7,9-10H2,1-2H3,(H,24,29)(H,25,27). The zero-order chi connectivity index (χ0) is 21.8. The molecule has 4 rings (SSSR count). The monoisotopic (exact) mass is 424 g/mol. The molecular formula is C22H28N6O3. The number of carbonyl (C=O) groups excluding carboxylic acids is 1. The molecule has 0 spiro atoms. The van der Waals surface area contributed by atoms with E-state index in [1.807, 2.05) is 22.9 Å². The van der Waals surface area contributed by atoms with Gasteiger partial charge in [0.25, 0.3) is 5.91 Å². The van der Waals surface area contributed by atoms with Gasteiger partial charge < -0.3 is 20.5 Å². The maximum atomic E-state index is 12.9. The van der Waals surface area contributed by atoms with Crippen molar-refractivity contribution >= 4 is 22.6 Å². The molecule has 0 aromatic carbocycles. The minimum atomic E-state index is -0.837. The van der Waals surface area contributed by atoms with E-state index in [0.717, 1.165) is 23.9 Å². The van der Waals surface area contributed by atoms with Crippen LogP contribution in [-0.2, 0) is 4.74 Å². The summed E-state index contributed by atoms with van der Waals surface area (Å²) in [5.41, 5.74) is 1.10. The van der Waals surface area contributed by atoms with Gasteiger partial charge in [-0.05, 0) is 39.2 Å². The van der Waals surface area contributed by atoms with Gasteiger partial charge in [0.05, 0.1) is 16.9 Å². The average molecular weight is 425 g/mol. The number of carbonyl (C=O) groups is 1. The van der Waals surface area contributed by atoms with Crippen LogP contribution in [0.15, 0.2) is 37.1 Å². The van der Waals surface area contributed by atoms with Gasteiger partial charge in [0.1, 0.15) is 17.8 Å². The number of aromatic nitrogens is 4. The van der Waals surface area contributed by atoms with Crippen LogP contribution in [-0.4, -0.2) is 61.9 Å². The Morgan fingerprint density at radius 2 is 2.10 bits per heavy atom. The van der Waals surface area contributed by atoms with Gasteiger partial charge >= 0.3 is 0 Å². The summed E-state index contributed by atoms with van der Waals surface area (Å²) in [6, 6.07) is 4.03. The van der Waals surface area contributed by atoms with Crippen LogP contribution in [0.1, 0.15) is 43.5 Å². The number of amides is 1. The van der Waals surface area contributed by atoms with Crippen molar-refractivity contribution in [3.8, 4) is 5.82 Å². The van der Waals surface area contributed by atoms with E-state index in [2.05, 4.69) is 25.6 Å². The van der Waals surface area contributed by atoms with Crippen molar-refractivity contribution < 1.29 is 14.6 Å². The largest absolute Gasteiger partial charge is 0.390 e. The van der Waals surface area contributed by atoms with Crippen LogP contribution < -0.4 is 10.6 Å². The number of nitrogens with one attached hydrogen (secondary N) is 2. The van der Waals surface area contributed by atoms with E-state index >= 15 is 0 Å². The van der Waals surface area contributed by atoms with E-state index in [-0.39, 0.29) is 11.9 Å². The van der Waals surface area contributed by atoms with Gasteiger partial charge in [-0.2, -0.15) is 0 Å². The molecule has 31 heavy (non-hydrogen) atoms. The number of ether oxygens (including phenoxy) is 1. The number of pyridine rings is 1. The average Bonchev–Trinajstić information content (AvgIpc) is 3.18. The van der Waals surface area contributed by atoms with Gasteiger partial charge in [-0.3, -0.25) is 9.36 Å². The van der Waals surface area contributed by atoms with E-state index < -0.39 is 5.60 Å². The molecule has 3 aromatic rings. The fraction of sp³-hybridized carbons (Fsp3) is 0.455. The van der Waals surface area contributed by atoms with Crippen LogP contribution in [0, 0.1) is 0 Å². The number of nitrogens with zero attached hydrogens (tertiary/aromatic N) is 4. The van der Waals surface area contributed by atoms with Gasteiger partial charge in [-0.15, -0.1) is 0 Å². The first-order chi connectivity index (χ1) is 14.9. The van der Waals surface area contributed by atoms with Crippen molar-refractivity contribution in [2.45, 2.75) is 44.8 Å². The maximum absolute atomic E-state index is 12.9. The molecule has 9 nitrogen and oxygen atoms in total. The predicted octanol–water partition coefficient (Wildman–Crippen LogP) is 2.30. The zero-order valence-electron chi connectivity index (χ0n) is 17.8. The molecule has 0 unspecified atom stereocenters. The third-order valence-corrected chi connectivity index (χ3v) is 5.33. The number of hydrogen-bond acceptors (Lipinski definition) is 7. The number of anilines is 1. The first-order valence-corrected chi connectivity index (χ1v) is 10.5. The molecule has 3 aromatic heterocycles. The summed E-state index contributed by atoms with van der Waals surface area (Å²) >= 11 is 0. The Bertz CT molecular complexity index is 1050. The van der Waals surface area contributed by atoms with Crippen LogP contribution in [0.4, 0.5) is 5.69 Å². The minimum absolute atomic E-state index is 0.218. The molecule has 9 heteroatoms. The first-order valence-electron chi connectivity index (χ1n) is 10.5. The Kier molecular flexibility index (Phi) is 6.15. The van der Waals surface area contributed by atoms with Gasteiger partial charge in [-0.1, -0.05) is 0 Å². The van der Waals surface area contributed by atoms with E-state index in [4.69, 9.17) is 4.74 Å². The summed E-state index contributed by atoms with van der Waals surface area (Å²) < 4.78 is 7.33. The van der Waals surface area contributed by atoms with Gasteiger partial charge in [-0.25, -0.2) is 15.0 Å². The van der Waals surface area contributed by atoms with Crippen molar-refractivity contribution in [2.24, 2.45) is 0 Å². The molecule has 0 radical (unpaired) electrons. The molecule has 0 atom stereocenters. The predicted molar refractivity (Wildman–Crippen MR) is 117 cm³/mol. The highest BCUT2D eigenvalue weighted by Crippen LogP contribution is 2.24. The molecule has 1 fully saturated rings. The molecule has 0 bridgehead atoms. The zero-order valence-corrected chi connectivity index (χ0v) is 17.8. The van der Waals surface area contributed by atoms with E-state index in [9.17, 15) is 9.90 Å². The van der Waals surface area contributed by atoms with Crippen LogP contribution in [0.25, 0.3) is 16.9 Å². The highest BCUT2D eigenvalue weighted by Gasteiger charge is 2.20. The topological polar surface area (TPSA) is 114 Å². The summed E-state index contributed by atoms with van der Waals surface area (Å²) in [6.07, 6.45) is 8.94. The summed E-state index contributed by atoms with van der Waals surface area (Å²) in [6.45, 7) is 5.21. The Balaban J connectivity index is 1.63. The lowest BCUT2D eigenvalue weighted by Crippen LogP contribution is -2.32. The van der Waals surface area contributed by atoms with Crippen LogP contribution in [0.3, 0.4) is 0 Å². The highest BCUT2D eigenvalue weighted by molar-refractivity contribution is 5.99. The summed E-state index contributed by atoms with van der Waals surface area (Å²) in [5, 5.41) is 17.2. The van der Waals surface area contributed by atoms with Crippen molar-refractivity contribution in [3.05, 3.63) is 42.6 Å². The summed E-state index contributed by atoms with van der Waals surface area (Å²) in [7, 11) is 0. The van der Waals surface area contributed by atoms with E-state index in [0.29, 0.717) is 43.2 Å². The molecular weight excluding hydrogens is 396 g/mol. The molecule has 0 saturated carbocycles. The second-order valence-corrected chi connectivity index (χ2v) is 8.42. The Morgan fingerprint density at radius 3 is 2.87 bits per heavy atom. The van der Waals surface area contributed by atoms with Crippen LogP contribution in [0.5, 0.6) is 0 Å². The lowest BCUT2D eigenvalue weighted by molar-refractivity contribution is 0.0693. The van der Waals surface area contributed by atoms with E-state index in [1.165, 1.54) is 6.33 Å². The van der Waals surface area contributed by atoms with Crippen LogP contribution >= 0.6 is 0 Å². The number of fused-ring (bicyclic) bond motifs is 1. The van der Waals surface area contributed by atoms with Gasteiger partial charge in [0.2, 0.25) is 0 Å². The fourth-order valence-corrected chi connectivity index (χ4v) is 3.58. The van der Waals surface area contributed by atoms with Crippen molar-refractivity contribution in [3.63, 3.8) is 0 Å². The number of hydrogen-bond donors (Lipinski definition) is 3. The third kappa shape index (κ3) is 5.18. The van der Waals surface area contributed by atoms with E-state index in [1.54, 1.807) is 26.2 Å². The molecule has 1 amide bonds. The maximum Gasteiger partial charge on any atom is 0.254 e. The van der Waals surface area contributed by atoms with Crippen molar-refractivity contribution in [2.75, 3.05) is 25.1 Å². The molecule has 3 N–H and O–H groups in total. The second kappa shape index (κ2) is 8.99. The Hall–Kier alpha value is -3.04. The molecule has 1 aliphatic heterocycles. The van der Waals surface area contributed by atoms with Crippen molar-refractivity contribution in [1.29, 1.82) is 0 Å². The number of rotatable bonds is 7. The lowest BCUT2D eigenvalue weighted by atomic mass is 10.1. The van der Waals surface area contributed by atoms with Gasteiger partial charge in [0, 0.05) is 55.8 Å². The summed E-state index contributed by atoms with van der Waals surface area (Å²) in [4.78, 5) is 25.8. The van der Waals surface area contributed by atoms with Crippen molar-refractivity contribution in [1.82, 2.24) is 24.8 Å². The second-order valence-electron chi connectivity index (χ2n) is 8.42. The fourth-order valence-electron chi connectivity index (χ4n) is 3.58. The lowest BCUT2D eigenvalue weighted by Gasteiger charge is -2.25. The number of aliphatic hydroxyl groups is 1. The summed E-state index contributed by atoms with van der Waals surface area (Å²) in [5.74, 6) is 0.439.